The molecule has 0 aliphatic carbocycles. The number of ether oxygens (including phenoxy) is 1. The van der Waals surface area contributed by atoms with Crippen LogP contribution in [0.2, 0.25) is 0 Å². The molecule has 0 aromatic heterocycles. The lowest BCUT2D eigenvalue weighted by Gasteiger charge is -2.08. The molecule has 0 spiro atoms. The van der Waals surface area contributed by atoms with Crippen molar-refractivity contribution < 1.29 is 14.6 Å². The second-order valence-electron chi connectivity index (χ2n) is 5.45. The molecule has 0 atom stereocenters. The fraction of sp³-hybridized carbons (Fsp3) is 0.0476. The summed E-state index contributed by atoms with van der Waals surface area (Å²) in [5, 5.41) is 20.5. The SMILES string of the molecule is COc1ccc(/C=C(\C#N)c2ccc(C(=O)O)cc2)c2ccccc12. The minimum Gasteiger partial charge on any atom is -0.496 e. The van der Waals surface area contributed by atoms with E-state index in [0.717, 1.165) is 22.1 Å². The van der Waals surface area contributed by atoms with E-state index in [-0.39, 0.29) is 5.56 Å². The monoisotopic (exact) mass is 329 g/mol. The van der Waals surface area contributed by atoms with Gasteiger partial charge in [-0.05, 0) is 40.8 Å². The van der Waals surface area contributed by atoms with Gasteiger partial charge in [-0.2, -0.15) is 5.26 Å². The highest BCUT2D eigenvalue weighted by molar-refractivity contribution is 6.00. The normalized spacial score (nSPS) is 11.1. The lowest BCUT2D eigenvalue weighted by atomic mass is 9.98. The molecule has 0 aliphatic heterocycles. The number of rotatable bonds is 4. The van der Waals surface area contributed by atoms with Gasteiger partial charge in [0, 0.05) is 5.39 Å². The number of carboxylic acid groups (broad SMARTS) is 1. The zero-order valence-electron chi connectivity index (χ0n) is 13.6. The number of fused-ring (bicyclic) bond motifs is 1. The Hall–Kier alpha value is -3.58. The van der Waals surface area contributed by atoms with Crippen molar-refractivity contribution in [3.8, 4) is 11.8 Å². The number of nitrogens with zero attached hydrogens (tertiary/aromatic N) is 1. The average molecular weight is 329 g/mol. The van der Waals surface area contributed by atoms with Crippen LogP contribution in [0.15, 0.2) is 60.7 Å². The first-order valence-corrected chi connectivity index (χ1v) is 7.65. The Morgan fingerprint density at radius 1 is 1.00 bits per heavy atom. The summed E-state index contributed by atoms with van der Waals surface area (Å²) in [5.41, 5.74) is 2.23. The van der Waals surface area contributed by atoms with E-state index in [2.05, 4.69) is 6.07 Å². The molecular formula is C21H15NO3. The number of benzene rings is 3. The van der Waals surface area contributed by atoms with E-state index in [0.29, 0.717) is 11.1 Å². The van der Waals surface area contributed by atoms with Crippen LogP contribution in [0.1, 0.15) is 21.5 Å². The molecule has 0 radical (unpaired) electrons. The fourth-order valence-corrected chi connectivity index (χ4v) is 2.73. The van der Waals surface area contributed by atoms with E-state index in [1.165, 1.54) is 12.1 Å². The topological polar surface area (TPSA) is 70.3 Å². The lowest BCUT2D eigenvalue weighted by Crippen LogP contribution is -1.95. The zero-order valence-corrected chi connectivity index (χ0v) is 13.6. The number of hydrogen-bond acceptors (Lipinski definition) is 3. The van der Waals surface area contributed by atoms with Gasteiger partial charge in [-0.25, -0.2) is 4.79 Å². The van der Waals surface area contributed by atoms with E-state index in [1.807, 2.05) is 36.4 Å². The standard InChI is InChI=1S/C21H15NO3/c1-25-20-11-10-16(18-4-2-3-5-19(18)20)12-17(13-22)14-6-8-15(9-7-14)21(23)24/h2-12H,1H3,(H,23,24)/b17-12+. The number of hydrogen-bond donors (Lipinski definition) is 1. The molecule has 4 heteroatoms. The molecular weight excluding hydrogens is 314 g/mol. The Morgan fingerprint density at radius 2 is 1.64 bits per heavy atom. The third-order valence-electron chi connectivity index (χ3n) is 4.00. The molecule has 0 heterocycles. The van der Waals surface area contributed by atoms with Crippen molar-refractivity contribution >= 4 is 28.4 Å². The highest BCUT2D eigenvalue weighted by Gasteiger charge is 2.08. The van der Waals surface area contributed by atoms with Gasteiger partial charge in [0.15, 0.2) is 0 Å². The van der Waals surface area contributed by atoms with Gasteiger partial charge in [-0.3, -0.25) is 0 Å². The summed E-state index contributed by atoms with van der Waals surface area (Å²) < 4.78 is 5.39. The molecule has 25 heavy (non-hydrogen) atoms. The van der Waals surface area contributed by atoms with E-state index in [1.54, 1.807) is 25.3 Å². The van der Waals surface area contributed by atoms with Crippen LogP contribution < -0.4 is 4.74 Å². The molecule has 0 saturated heterocycles. The number of carboxylic acids is 1. The summed E-state index contributed by atoms with van der Waals surface area (Å²) in [6, 6.07) is 20.1. The first kappa shape index (κ1) is 16.3. The molecule has 3 aromatic carbocycles. The lowest BCUT2D eigenvalue weighted by molar-refractivity contribution is 0.0697. The Morgan fingerprint density at radius 3 is 2.24 bits per heavy atom. The van der Waals surface area contributed by atoms with Crippen molar-refractivity contribution in [1.29, 1.82) is 5.26 Å². The van der Waals surface area contributed by atoms with E-state index < -0.39 is 5.97 Å². The van der Waals surface area contributed by atoms with Crippen LogP contribution in [-0.2, 0) is 0 Å². The van der Waals surface area contributed by atoms with E-state index in [9.17, 15) is 10.1 Å². The third-order valence-corrected chi connectivity index (χ3v) is 4.00. The van der Waals surface area contributed by atoms with Crippen molar-refractivity contribution in [3.05, 3.63) is 77.4 Å². The van der Waals surface area contributed by atoms with Crippen molar-refractivity contribution in [2.24, 2.45) is 0 Å². The molecule has 1 N–H and O–H groups in total. The summed E-state index contributed by atoms with van der Waals surface area (Å²) in [6.07, 6.45) is 1.80. The Kier molecular flexibility index (Phi) is 4.49. The summed E-state index contributed by atoms with van der Waals surface area (Å²) in [7, 11) is 1.63. The first-order chi connectivity index (χ1) is 12.1. The maximum Gasteiger partial charge on any atom is 0.335 e. The van der Waals surface area contributed by atoms with Gasteiger partial charge in [0.2, 0.25) is 0 Å². The Bertz CT molecular complexity index is 1010. The van der Waals surface area contributed by atoms with Crippen LogP contribution in [0.4, 0.5) is 0 Å². The zero-order chi connectivity index (χ0) is 17.8. The maximum atomic E-state index is 11.0. The molecule has 0 bridgehead atoms. The second kappa shape index (κ2) is 6.90. The van der Waals surface area contributed by atoms with Crippen molar-refractivity contribution in [1.82, 2.24) is 0 Å². The van der Waals surface area contributed by atoms with E-state index >= 15 is 0 Å². The van der Waals surface area contributed by atoms with Gasteiger partial charge in [0.05, 0.1) is 24.3 Å². The Labute approximate surface area is 145 Å². The van der Waals surface area contributed by atoms with Crippen LogP contribution >= 0.6 is 0 Å². The number of allylic oxidation sites excluding steroid dienone is 1. The predicted octanol–water partition coefficient (Wildman–Crippen LogP) is 4.61. The van der Waals surface area contributed by atoms with Gasteiger partial charge >= 0.3 is 5.97 Å². The summed E-state index contributed by atoms with van der Waals surface area (Å²) in [5.74, 6) is -0.216. The molecule has 4 nitrogen and oxygen atoms in total. The first-order valence-electron chi connectivity index (χ1n) is 7.65. The number of aromatic carboxylic acids is 1. The van der Waals surface area contributed by atoms with Gasteiger partial charge < -0.3 is 9.84 Å². The molecule has 0 unspecified atom stereocenters. The molecule has 3 rings (SSSR count). The quantitative estimate of drug-likeness (QED) is 0.560. The minimum absolute atomic E-state index is 0.191. The molecule has 3 aromatic rings. The van der Waals surface area contributed by atoms with Gasteiger partial charge in [-0.1, -0.05) is 42.5 Å². The molecule has 122 valence electrons. The van der Waals surface area contributed by atoms with Gasteiger partial charge in [0.25, 0.3) is 0 Å². The molecule has 0 fully saturated rings. The highest BCUT2D eigenvalue weighted by atomic mass is 16.5. The second-order valence-corrected chi connectivity index (χ2v) is 5.45. The summed E-state index contributed by atoms with van der Waals surface area (Å²) >= 11 is 0. The number of methoxy groups -OCH3 is 1. The van der Waals surface area contributed by atoms with Crippen molar-refractivity contribution in [2.45, 2.75) is 0 Å². The van der Waals surface area contributed by atoms with Crippen LogP contribution in [0, 0.1) is 11.3 Å². The van der Waals surface area contributed by atoms with Crippen LogP contribution in [0.3, 0.4) is 0 Å². The van der Waals surface area contributed by atoms with Crippen molar-refractivity contribution in [3.63, 3.8) is 0 Å². The highest BCUT2D eigenvalue weighted by Crippen LogP contribution is 2.30. The largest absolute Gasteiger partial charge is 0.496 e. The molecule has 0 aliphatic rings. The predicted molar refractivity (Wildman–Crippen MR) is 97.4 cm³/mol. The number of nitriles is 1. The van der Waals surface area contributed by atoms with Gasteiger partial charge in [-0.15, -0.1) is 0 Å². The smallest absolute Gasteiger partial charge is 0.335 e. The summed E-state index contributed by atoms with van der Waals surface area (Å²) in [6.45, 7) is 0. The van der Waals surface area contributed by atoms with E-state index in [4.69, 9.17) is 9.84 Å². The van der Waals surface area contributed by atoms with Crippen molar-refractivity contribution in [2.75, 3.05) is 7.11 Å². The number of carbonyl (C=O) groups is 1. The van der Waals surface area contributed by atoms with Crippen LogP contribution in [-0.4, -0.2) is 18.2 Å². The minimum atomic E-state index is -0.991. The third kappa shape index (κ3) is 3.22. The Balaban J connectivity index is 2.11. The maximum absolute atomic E-state index is 11.0. The summed E-state index contributed by atoms with van der Waals surface area (Å²) in [4.78, 5) is 11.0. The molecule has 0 amide bonds. The average Bonchev–Trinajstić information content (AvgIpc) is 2.66. The molecule has 0 saturated carbocycles. The van der Waals surface area contributed by atoms with Crippen LogP contribution in [0.5, 0.6) is 5.75 Å². The van der Waals surface area contributed by atoms with Gasteiger partial charge in [0.1, 0.15) is 5.75 Å². The van der Waals surface area contributed by atoms with Crippen LogP contribution in [0.25, 0.3) is 22.4 Å². The fourth-order valence-electron chi connectivity index (χ4n) is 2.73.